The predicted molar refractivity (Wildman–Crippen MR) is 58.7 cm³/mol. The van der Waals surface area contributed by atoms with Crippen LogP contribution in [0, 0.1) is 30.1 Å². The van der Waals surface area contributed by atoms with E-state index in [1.54, 1.807) is 12.8 Å². The zero-order valence-corrected chi connectivity index (χ0v) is 11.8. The second kappa shape index (κ2) is 5.28. The molecule has 3 atom stereocenters. The Kier molecular flexibility index (Phi) is 4.54. The van der Waals surface area contributed by atoms with Crippen molar-refractivity contribution in [2.75, 3.05) is 0 Å². The van der Waals surface area contributed by atoms with Crippen molar-refractivity contribution < 1.29 is 14.7 Å². The van der Waals surface area contributed by atoms with E-state index in [0.717, 1.165) is 17.8 Å². The summed E-state index contributed by atoms with van der Waals surface area (Å²) in [5.41, 5.74) is 0. The number of fused-ring (bicyclic) bond motifs is 5. The van der Waals surface area contributed by atoms with Crippen LogP contribution >= 0.6 is 27.9 Å². The topological polar surface area (TPSA) is 0 Å². The molecule has 0 amide bonds. The van der Waals surface area contributed by atoms with Gasteiger partial charge in [0.15, 0.2) is 0 Å². The molecule has 0 aromatic heterocycles. The molecule has 0 aliphatic heterocycles. The first kappa shape index (κ1) is 12.1. The molecule has 4 heteroatoms. The molecule has 3 aliphatic carbocycles. The van der Waals surface area contributed by atoms with Crippen LogP contribution in [-0.4, -0.2) is 0 Å². The summed E-state index contributed by atoms with van der Waals surface area (Å²) in [5, 5.41) is 0. The van der Waals surface area contributed by atoms with Crippen LogP contribution in [0.15, 0.2) is 0 Å². The van der Waals surface area contributed by atoms with Crippen molar-refractivity contribution in [1.29, 1.82) is 0 Å². The van der Waals surface area contributed by atoms with Crippen molar-refractivity contribution in [3.05, 3.63) is 12.3 Å². The Hall–Kier alpha value is 1.58. The van der Waals surface area contributed by atoms with Gasteiger partial charge in [-0.05, 0) is 62.2 Å². The molecule has 0 aromatic carbocycles. The van der Waals surface area contributed by atoms with Crippen LogP contribution in [0.2, 0.25) is 0 Å². The molecule has 3 fully saturated rings. The van der Waals surface area contributed by atoms with Gasteiger partial charge in [0.2, 0.25) is 0 Å². The summed E-state index contributed by atoms with van der Waals surface area (Å²) in [6, 6.07) is 0. The fraction of sp³-hybridized carbons (Fsp3) is 0.800. The van der Waals surface area contributed by atoms with Crippen molar-refractivity contribution in [2.45, 2.75) is 32.1 Å². The van der Waals surface area contributed by atoms with Crippen LogP contribution in [0.4, 0.5) is 0 Å². The maximum atomic E-state index is 4.97. The Morgan fingerprint density at radius 3 is 2.50 bits per heavy atom. The average molecular weight is 288 g/mol. The normalized spacial score (nSPS) is 39.2. The Bertz CT molecular complexity index is 179. The van der Waals surface area contributed by atoms with Gasteiger partial charge in [-0.25, -0.2) is 0 Å². The SMILES string of the molecule is [CH]1CCC2[C]1C1CCC2C1.[Cl][Ti]([Cl])[Cl]. The van der Waals surface area contributed by atoms with E-state index < -0.39 is 14.7 Å². The zero-order chi connectivity index (χ0) is 10.1. The van der Waals surface area contributed by atoms with Crippen molar-refractivity contribution >= 4 is 27.9 Å². The molecule has 3 aliphatic rings. The van der Waals surface area contributed by atoms with Crippen LogP contribution in [0.3, 0.4) is 0 Å². The molecule has 0 heterocycles. The summed E-state index contributed by atoms with van der Waals surface area (Å²) >= 11 is -1.92. The second-order valence-corrected chi connectivity index (χ2v) is 12.1. The van der Waals surface area contributed by atoms with E-state index in [9.17, 15) is 0 Å². The molecule has 3 saturated carbocycles. The molecule has 0 saturated heterocycles. The van der Waals surface area contributed by atoms with Crippen LogP contribution in [0.5, 0.6) is 0 Å². The first-order valence-electron chi connectivity index (χ1n) is 5.22. The summed E-state index contributed by atoms with van der Waals surface area (Å²) in [6.45, 7) is 0. The minimum atomic E-state index is -1.92. The third-order valence-electron chi connectivity index (χ3n) is 3.80. The van der Waals surface area contributed by atoms with E-state index in [2.05, 4.69) is 6.42 Å². The van der Waals surface area contributed by atoms with Gasteiger partial charge in [-0.3, -0.25) is 0 Å². The van der Waals surface area contributed by atoms with Gasteiger partial charge in [0.25, 0.3) is 0 Å². The van der Waals surface area contributed by atoms with E-state index in [1.807, 2.05) is 5.92 Å². The number of hydrogen-bond donors (Lipinski definition) is 0. The monoisotopic (exact) mass is 287 g/mol. The molecular weight excluding hydrogens is 274 g/mol. The van der Waals surface area contributed by atoms with Gasteiger partial charge in [-0.1, -0.05) is 0 Å². The van der Waals surface area contributed by atoms with Gasteiger partial charge in [0.05, 0.1) is 0 Å². The Balaban J connectivity index is 0.000000165. The van der Waals surface area contributed by atoms with E-state index in [1.165, 1.54) is 19.3 Å². The van der Waals surface area contributed by atoms with Gasteiger partial charge >= 0.3 is 42.6 Å². The van der Waals surface area contributed by atoms with Crippen molar-refractivity contribution in [1.82, 2.24) is 0 Å². The molecule has 3 rings (SSSR count). The van der Waals surface area contributed by atoms with Crippen LogP contribution in [0.1, 0.15) is 32.1 Å². The van der Waals surface area contributed by atoms with Crippen molar-refractivity contribution in [2.24, 2.45) is 17.8 Å². The van der Waals surface area contributed by atoms with Gasteiger partial charge in [0, 0.05) is 0 Å². The van der Waals surface area contributed by atoms with E-state index in [-0.39, 0.29) is 0 Å². The molecule has 14 heavy (non-hydrogen) atoms. The molecular formula is C10H14Cl3Ti. The summed E-state index contributed by atoms with van der Waals surface area (Å²) in [6.07, 6.45) is 10.0. The molecule has 0 aromatic rings. The van der Waals surface area contributed by atoms with Crippen LogP contribution < -0.4 is 0 Å². The molecule has 2 radical (unpaired) electrons. The third-order valence-corrected chi connectivity index (χ3v) is 3.80. The molecule has 0 nitrogen and oxygen atoms in total. The summed E-state index contributed by atoms with van der Waals surface area (Å²) < 4.78 is 0. The minimum absolute atomic E-state index is 1.05. The first-order valence-corrected chi connectivity index (χ1v) is 11.7. The first-order chi connectivity index (χ1) is 6.68. The molecule has 0 spiro atoms. The Labute approximate surface area is 104 Å². The quantitative estimate of drug-likeness (QED) is 0.568. The number of halogens is 3. The predicted octanol–water partition coefficient (Wildman–Crippen LogP) is 4.67. The molecule has 0 N–H and O–H groups in total. The van der Waals surface area contributed by atoms with E-state index in [4.69, 9.17) is 27.9 Å². The third kappa shape index (κ3) is 2.63. The zero-order valence-electron chi connectivity index (χ0n) is 7.98. The van der Waals surface area contributed by atoms with E-state index >= 15 is 0 Å². The number of rotatable bonds is 0. The molecule has 79 valence electrons. The van der Waals surface area contributed by atoms with Gasteiger partial charge in [-0.2, -0.15) is 0 Å². The summed E-state index contributed by atoms with van der Waals surface area (Å²) in [4.78, 5) is 0. The Morgan fingerprint density at radius 2 is 1.86 bits per heavy atom. The maximum absolute atomic E-state index is 4.97. The fourth-order valence-corrected chi connectivity index (χ4v) is 3.41. The summed E-state index contributed by atoms with van der Waals surface area (Å²) in [5.74, 6) is 5.12. The van der Waals surface area contributed by atoms with E-state index in [0.29, 0.717) is 0 Å². The fourth-order valence-electron chi connectivity index (χ4n) is 3.41. The Morgan fingerprint density at radius 1 is 1.14 bits per heavy atom. The van der Waals surface area contributed by atoms with Gasteiger partial charge < -0.3 is 0 Å². The van der Waals surface area contributed by atoms with Crippen molar-refractivity contribution in [3.8, 4) is 0 Å². The summed E-state index contributed by atoms with van der Waals surface area (Å²) in [7, 11) is 14.9. The van der Waals surface area contributed by atoms with Gasteiger partial charge in [-0.15, -0.1) is 0 Å². The molecule has 3 unspecified atom stereocenters. The van der Waals surface area contributed by atoms with Gasteiger partial charge in [0.1, 0.15) is 0 Å². The second-order valence-electron chi connectivity index (χ2n) is 4.37. The average Bonchev–Trinajstić information content (AvgIpc) is 2.76. The van der Waals surface area contributed by atoms with Crippen LogP contribution in [-0.2, 0) is 14.7 Å². The standard InChI is InChI=1S/C10H14.3ClH.Ti/c1-2-9-7-4-5-8(6-7)10(9)3-1;;;;/h2,7-8,10H,1,3-6H2;3*1H;/q;;;;+3/p-3. The number of hydrogen-bond acceptors (Lipinski definition) is 0. The van der Waals surface area contributed by atoms with Crippen molar-refractivity contribution in [3.63, 3.8) is 0 Å². The van der Waals surface area contributed by atoms with Crippen LogP contribution in [0.25, 0.3) is 0 Å². The molecule has 2 bridgehead atoms.